The average Bonchev–Trinajstić information content (AvgIpc) is 2.31. The second kappa shape index (κ2) is 7.03. The number of rotatable bonds is 6. The number of hydrogen-bond donors (Lipinski definition) is 2. The number of ether oxygens (including phenoxy) is 1. The maximum Gasteiger partial charge on any atom is 0.250 e. The third-order valence-electron chi connectivity index (χ3n) is 2.10. The number of nitrogens with two attached hydrogens (primary N) is 1. The summed E-state index contributed by atoms with van der Waals surface area (Å²) in [5, 5.41) is 2.58. The summed E-state index contributed by atoms with van der Waals surface area (Å²) in [5.74, 6) is -0.813. The summed E-state index contributed by atoms with van der Waals surface area (Å²) in [6.07, 6.45) is 0.843. The van der Waals surface area contributed by atoms with E-state index in [0.717, 1.165) is 6.42 Å². The summed E-state index contributed by atoms with van der Waals surface area (Å²) in [7, 11) is 0. The summed E-state index contributed by atoms with van der Waals surface area (Å²) in [4.78, 5) is 11.4. The first-order chi connectivity index (χ1) is 8.54. The Morgan fingerprint density at radius 1 is 1.56 bits per heavy atom. The fourth-order valence-corrected chi connectivity index (χ4v) is 1.45. The van der Waals surface area contributed by atoms with Gasteiger partial charge in [0, 0.05) is 17.9 Å². The number of amides is 1. The van der Waals surface area contributed by atoms with Crippen LogP contribution < -0.4 is 11.1 Å². The van der Waals surface area contributed by atoms with E-state index < -0.39 is 5.82 Å². The summed E-state index contributed by atoms with van der Waals surface area (Å²) in [6, 6.07) is 4.04. The zero-order valence-corrected chi connectivity index (χ0v) is 10.8. The molecule has 98 valence electrons. The van der Waals surface area contributed by atoms with Crippen LogP contribution in [0.5, 0.6) is 0 Å². The van der Waals surface area contributed by atoms with Crippen LogP contribution >= 0.6 is 12.2 Å². The molecule has 3 N–H and O–H groups in total. The third kappa shape index (κ3) is 4.38. The fourth-order valence-electron chi connectivity index (χ4n) is 1.30. The largest absolute Gasteiger partial charge is 0.389 e. The molecular formula is C12H15FN2O2S. The summed E-state index contributed by atoms with van der Waals surface area (Å²) in [5.41, 5.74) is 5.91. The van der Waals surface area contributed by atoms with Crippen LogP contribution in [0.3, 0.4) is 0 Å². The minimum absolute atomic E-state index is 0.0341. The zero-order valence-electron chi connectivity index (χ0n) is 10.0. The predicted molar refractivity (Wildman–Crippen MR) is 72.0 cm³/mol. The highest BCUT2D eigenvalue weighted by atomic mass is 32.1. The van der Waals surface area contributed by atoms with Crippen molar-refractivity contribution in [1.29, 1.82) is 0 Å². The average molecular weight is 270 g/mol. The number of thiocarbonyl (C=S) groups is 1. The van der Waals surface area contributed by atoms with Gasteiger partial charge in [0.1, 0.15) is 17.4 Å². The molecule has 1 rings (SSSR count). The Labute approximate surface area is 110 Å². The second-order valence-corrected chi connectivity index (χ2v) is 4.10. The summed E-state index contributed by atoms with van der Waals surface area (Å²) in [6.45, 7) is 2.44. The molecule has 0 heterocycles. The number of anilines is 1. The smallest absolute Gasteiger partial charge is 0.250 e. The molecule has 0 saturated carbocycles. The molecule has 0 spiro atoms. The maximum atomic E-state index is 13.3. The van der Waals surface area contributed by atoms with Crippen molar-refractivity contribution in [2.45, 2.75) is 13.3 Å². The van der Waals surface area contributed by atoms with Crippen LogP contribution in [0, 0.1) is 5.82 Å². The summed E-state index contributed by atoms with van der Waals surface area (Å²) < 4.78 is 18.4. The molecule has 0 aromatic heterocycles. The quantitative estimate of drug-likeness (QED) is 0.611. The molecule has 1 amide bonds. The first kappa shape index (κ1) is 14.5. The zero-order chi connectivity index (χ0) is 13.5. The maximum absolute atomic E-state index is 13.3. The van der Waals surface area contributed by atoms with Crippen LogP contribution in [0.15, 0.2) is 18.2 Å². The van der Waals surface area contributed by atoms with E-state index in [2.05, 4.69) is 5.32 Å². The van der Waals surface area contributed by atoms with E-state index in [-0.39, 0.29) is 23.1 Å². The Bertz CT molecular complexity index is 452. The van der Waals surface area contributed by atoms with Gasteiger partial charge >= 0.3 is 0 Å². The Morgan fingerprint density at radius 3 is 2.89 bits per heavy atom. The second-order valence-electron chi connectivity index (χ2n) is 3.66. The normalized spacial score (nSPS) is 10.1. The molecule has 6 heteroatoms. The molecule has 0 aliphatic carbocycles. The van der Waals surface area contributed by atoms with E-state index in [1.54, 1.807) is 0 Å². The molecule has 0 fully saturated rings. The van der Waals surface area contributed by atoms with Crippen LogP contribution in [0.4, 0.5) is 10.1 Å². The van der Waals surface area contributed by atoms with Gasteiger partial charge in [-0.2, -0.15) is 0 Å². The van der Waals surface area contributed by atoms with E-state index in [1.807, 2.05) is 6.92 Å². The Hall–Kier alpha value is -1.53. The van der Waals surface area contributed by atoms with Crippen molar-refractivity contribution in [2.75, 3.05) is 18.5 Å². The molecule has 0 aliphatic heterocycles. The number of carbonyl (C=O) groups excluding carboxylic acids is 1. The molecule has 0 unspecified atom stereocenters. The molecule has 0 atom stereocenters. The molecule has 0 saturated heterocycles. The highest BCUT2D eigenvalue weighted by Gasteiger charge is 2.08. The van der Waals surface area contributed by atoms with Crippen LogP contribution in [-0.2, 0) is 9.53 Å². The van der Waals surface area contributed by atoms with Crippen molar-refractivity contribution in [1.82, 2.24) is 0 Å². The van der Waals surface area contributed by atoms with Crippen molar-refractivity contribution >= 4 is 28.8 Å². The van der Waals surface area contributed by atoms with E-state index in [0.29, 0.717) is 12.3 Å². The van der Waals surface area contributed by atoms with Gasteiger partial charge in [0.15, 0.2) is 0 Å². The summed E-state index contributed by atoms with van der Waals surface area (Å²) >= 11 is 4.71. The molecule has 0 aliphatic rings. The van der Waals surface area contributed by atoms with Gasteiger partial charge in [-0.3, -0.25) is 4.79 Å². The number of benzene rings is 1. The topological polar surface area (TPSA) is 64.3 Å². The van der Waals surface area contributed by atoms with Crippen LogP contribution in [-0.4, -0.2) is 24.1 Å². The number of hydrogen-bond acceptors (Lipinski definition) is 3. The van der Waals surface area contributed by atoms with Gasteiger partial charge in [-0.25, -0.2) is 4.39 Å². The van der Waals surface area contributed by atoms with Crippen LogP contribution in [0.1, 0.15) is 18.9 Å². The van der Waals surface area contributed by atoms with E-state index in [9.17, 15) is 9.18 Å². The van der Waals surface area contributed by atoms with Crippen molar-refractivity contribution in [3.05, 3.63) is 29.6 Å². The highest BCUT2D eigenvalue weighted by Crippen LogP contribution is 2.14. The third-order valence-corrected chi connectivity index (χ3v) is 2.32. The lowest BCUT2D eigenvalue weighted by molar-refractivity contribution is -0.120. The minimum atomic E-state index is -0.511. The Balaban J connectivity index is 2.65. The monoisotopic (exact) mass is 270 g/mol. The number of carbonyl (C=O) groups is 1. The van der Waals surface area contributed by atoms with Gasteiger partial charge < -0.3 is 15.8 Å². The highest BCUT2D eigenvalue weighted by molar-refractivity contribution is 7.80. The molecule has 4 nitrogen and oxygen atoms in total. The van der Waals surface area contributed by atoms with Crippen LogP contribution in [0.2, 0.25) is 0 Å². The fraction of sp³-hybridized carbons (Fsp3) is 0.333. The standard InChI is InChI=1S/C12H15FN2O2S/c1-2-5-17-7-11(16)15-8-3-4-10(13)9(6-8)12(14)18/h3-4,6H,2,5,7H2,1H3,(H2,14,18)(H,15,16). The van der Waals surface area contributed by atoms with Crippen molar-refractivity contribution < 1.29 is 13.9 Å². The predicted octanol–water partition coefficient (Wildman–Crippen LogP) is 1.82. The van der Waals surface area contributed by atoms with Crippen molar-refractivity contribution in [2.24, 2.45) is 5.73 Å². The van der Waals surface area contributed by atoms with Gasteiger partial charge in [-0.15, -0.1) is 0 Å². The Morgan fingerprint density at radius 2 is 2.28 bits per heavy atom. The first-order valence-corrected chi connectivity index (χ1v) is 5.92. The lowest BCUT2D eigenvalue weighted by atomic mass is 10.2. The van der Waals surface area contributed by atoms with E-state index >= 15 is 0 Å². The number of nitrogens with one attached hydrogen (secondary N) is 1. The van der Waals surface area contributed by atoms with Gasteiger partial charge in [0.05, 0.1) is 0 Å². The molecule has 18 heavy (non-hydrogen) atoms. The van der Waals surface area contributed by atoms with Crippen molar-refractivity contribution in [3.8, 4) is 0 Å². The molecule has 0 bridgehead atoms. The SMILES string of the molecule is CCCOCC(=O)Nc1ccc(F)c(C(N)=S)c1. The molecule has 1 aromatic carbocycles. The van der Waals surface area contributed by atoms with Gasteiger partial charge in [-0.1, -0.05) is 19.1 Å². The molecule has 0 radical (unpaired) electrons. The number of halogens is 1. The van der Waals surface area contributed by atoms with Gasteiger partial charge in [0.25, 0.3) is 0 Å². The molecule has 1 aromatic rings. The van der Waals surface area contributed by atoms with Gasteiger partial charge in [-0.05, 0) is 24.6 Å². The van der Waals surface area contributed by atoms with E-state index in [1.165, 1.54) is 18.2 Å². The lowest BCUT2D eigenvalue weighted by Crippen LogP contribution is -2.19. The minimum Gasteiger partial charge on any atom is -0.389 e. The van der Waals surface area contributed by atoms with Gasteiger partial charge in [0.2, 0.25) is 5.91 Å². The lowest BCUT2D eigenvalue weighted by Gasteiger charge is -2.08. The van der Waals surface area contributed by atoms with E-state index in [4.69, 9.17) is 22.7 Å². The van der Waals surface area contributed by atoms with Crippen LogP contribution in [0.25, 0.3) is 0 Å². The first-order valence-electron chi connectivity index (χ1n) is 5.51. The van der Waals surface area contributed by atoms with Crippen molar-refractivity contribution in [3.63, 3.8) is 0 Å². The molecular weight excluding hydrogens is 255 g/mol. The Kier molecular flexibility index (Phi) is 5.67.